The summed E-state index contributed by atoms with van der Waals surface area (Å²) in [6.07, 6.45) is 4.89. The Kier molecular flexibility index (Phi) is 3.23. The van der Waals surface area contributed by atoms with Gasteiger partial charge in [0.25, 0.3) is 5.91 Å². The summed E-state index contributed by atoms with van der Waals surface area (Å²) in [4.78, 5) is 19.8. The third-order valence-electron chi connectivity index (χ3n) is 2.23. The summed E-state index contributed by atoms with van der Waals surface area (Å²) in [6, 6.07) is 1.80. The number of aromatic nitrogens is 3. The minimum absolute atomic E-state index is 0.264. The average Bonchev–Trinajstić information content (AvgIpc) is 2.70. The Bertz CT molecular complexity index is 564. The van der Waals surface area contributed by atoms with Gasteiger partial charge in [-0.05, 0) is 34.5 Å². The Hall–Kier alpha value is -1.69. The molecule has 0 unspecified atom stereocenters. The van der Waals surface area contributed by atoms with Gasteiger partial charge < -0.3 is 9.88 Å². The van der Waals surface area contributed by atoms with Crippen LogP contribution in [0.5, 0.6) is 0 Å². The molecule has 0 saturated carbocycles. The number of hydrogen-bond acceptors (Lipinski definition) is 3. The van der Waals surface area contributed by atoms with Gasteiger partial charge in [-0.25, -0.2) is 9.97 Å². The van der Waals surface area contributed by atoms with E-state index in [-0.39, 0.29) is 5.91 Å². The van der Waals surface area contributed by atoms with Crippen LogP contribution in [0.15, 0.2) is 29.3 Å². The number of carbonyl (C=O) groups is 1. The fraction of sp³-hybridized carbons (Fsp3) is 0.182. The van der Waals surface area contributed by atoms with E-state index in [1.807, 2.05) is 14.0 Å². The topological polar surface area (TPSA) is 59.8 Å². The first kappa shape index (κ1) is 11.8. The van der Waals surface area contributed by atoms with Crippen molar-refractivity contribution in [2.75, 3.05) is 5.32 Å². The zero-order chi connectivity index (χ0) is 12.4. The SMILES string of the molecule is Cc1cc(NC(=O)c2cn(C)cn2)ncc1Br. The van der Waals surface area contributed by atoms with Crippen LogP contribution in [0.3, 0.4) is 0 Å². The lowest BCUT2D eigenvalue weighted by Gasteiger charge is -2.04. The number of aryl methyl sites for hydroxylation is 2. The second kappa shape index (κ2) is 4.67. The van der Waals surface area contributed by atoms with Crippen molar-refractivity contribution in [3.05, 3.63) is 40.5 Å². The summed E-state index contributed by atoms with van der Waals surface area (Å²) in [6.45, 7) is 1.93. The van der Waals surface area contributed by atoms with Crippen LogP contribution < -0.4 is 5.32 Å². The van der Waals surface area contributed by atoms with E-state index in [2.05, 4.69) is 31.2 Å². The van der Waals surface area contributed by atoms with Gasteiger partial charge in [0.05, 0.1) is 6.33 Å². The molecular weight excluding hydrogens is 284 g/mol. The van der Waals surface area contributed by atoms with Crippen molar-refractivity contribution in [1.29, 1.82) is 0 Å². The first-order valence-electron chi connectivity index (χ1n) is 4.98. The van der Waals surface area contributed by atoms with Gasteiger partial charge in [0.15, 0.2) is 0 Å². The van der Waals surface area contributed by atoms with Crippen molar-refractivity contribution in [1.82, 2.24) is 14.5 Å². The van der Waals surface area contributed by atoms with Crippen LogP contribution in [-0.2, 0) is 7.05 Å². The summed E-state index contributed by atoms with van der Waals surface area (Å²) in [5.41, 5.74) is 1.38. The first-order chi connectivity index (χ1) is 8.06. The molecule has 0 aliphatic rings. The van der Waals surface area contributed by atoms with Gasteiger partial charge >= 0.3 is 0 Å². The fourth-order valence-electron chi connectivity index (χ4n) is 1.32. The lowest BCUT2D eigenvalue weighted by atomic mass is 10.3. The molecule has 1 N–H and O–H groups in total. The van der Waals surface area contributed by atoms with Crippen molar-refractivity contribution in [2.45, 2.75) is 6.92 Å². The molecule has 17 heavy (non-hydrogen) atoms. The van der Waals surface area contributed by atoms with Crippen molar-refractivity contribution < 1.29 is 4.79 Å². The van der Waals surface area contributed by atoms with E-state index in [1.54, 1.807) is 29.4 Å². The summed E-state index contributed by atoms with van der Waals surface area (Å²) in [5.74, 6) is 0.251. The van der Waals surface area contributed by atoms with E-state index in [9.17, 15) is 4.79 Å². The molecule has 0 fully saturated rings. The maximum absolute atomic E-state index is 11.8. The molecule has 0 aromatic carbocycles. The third kappa shape index (κ3) is 2.71. The molecule has 0 spiro atoms. The Labute approximate surface area is 107 Å². The molecule has 0 atom stereocenters. The minimum Gasteiger partial charge on any atom is -0.340 e. The minimum atomic E-state index is -0.264. The zero-order valence-corrected chi connectivity index (χ0v) is 11.0. The number of imidazole rings is 1. The van der Waals surface area contributed by atoms with Crippen LogP contribution >= 0.6 is 15.9 Å². The highest BCUT2D eigenvalue weighted by molar-refractivity contribution is 9.10. The van der Waals surface area contributed by atoms with Gasteiger partial charge in [0, 0.05) is 23.9 Å². The number of amides is 1. The summed E-state index contributed by atoms with van der Waals surface area (Å²) in [5, 5.41) is 2.69. The van der Waals surface area contributed by atoms with Crippen LogP contribution in [0.1, 0.15) is 16.1 Å². The monoisotopic (exact) mass is 294 g/mol. The highest BCUT2D eigenvalue weighted by Crippen LogP contribution is 2.17. The lowest BCUT2D eigenvalue weighted by molar-refractivity contribution is 0.102. The molecular formula is C11H11BrN4O. The molecule has 2 aromatic heterocycles. The zero-order valence-electron chi connectivity index (χ0n) is 9.44. The lowest BCUT2D eigenvalue weighted by Crippen LogP contribution is -2.13. The Balaban J connectivity index is 2.15. The van der Waals surface area contributed by atoms with Crippen LogP contribution in [-0.4, -0.2) is 20.4 Å². The molecule has 2 aromatic rings. The standard InChI is InChI=1S/C11H11BrN4O/c1-7-3-10(13-4-8(7)12)15-11(17)9-5-16(2)6-14-9/h3-6H,1-2H3,(H,13,15,17). The van der Waals surface area contributed by atoms with E-state index in [4.69, 9.17) is 0 Å². The number of hydrogen-bond donors (Lipinski definition) is 1. The molecule has 2 rings (SSSR count). The summed E-state index contributed by atoms with van der Waals surface area (Å²) >= 11 is 3.35. The summed E-state index contributed by atoms with van der Waals surface area (Å²) in [7, 11) is 1.81. The van der Waals surface area contributed by atoms with Crippen LogP contribution in [0.4, 0.5) is 5.82 Å². The largest absolute Gasteiger partial charge is 0.340 e. The van der Waals surface area contributed by atoms with E-state index in [0.717, 1.165) is 10.0 Å². The van der Waals surface area contributed by atoms with E-state index >= 15 is 0 Å². The first-order valence-corrected chi connectivity index (χ1v) is 5.77. The van der Waals surface area contributed by atoms with Crippen molar-refractivity contribution >= 4 is 27.7 Å². The highest BCUT2D eigenvalue weighted by atomic mass is 79.9. The third-order valence-corrected chi connectivity index (χ3v) is 3.06. The van der Waals surface area contributed by atoms with Gasteiger partial charge in [-0.3, -0.25) is 4.79 Å². The van der Waals surface area contributed by atoms with Gasteiger partial charge in [-0.15, -0.1) is 0 Å². The van der Waals surface area contributed by atoms with Crippen molar-refractivity contribution in [3.63, 3.8) is 0 Å². The van der Waals surface area contributed by atoms with E-state index in [1.165, 1.54) is 0 Å². The molecule has 6 heteroatoms. The quantitative estimate of drug-likeness (QED) is 0.923. The Morgan fingerprint density at radius 2 is 2.24 bits per heavy atom. The molecule has 0 aliphatic heterocycles. The number of anilines is 1. The number of nitrogens with zero attached hydrogens (tertiary/aromatic N) is 3. The van der Waals surface area contributed by atoms with Gasteiger partial charge in [-0.1, -0.05) is 0 Å². The average molecular weight is 295 g/mol. The second-order valence-corrected chi connectivity index (χ2v) is 4.55. The Morgan fingerprint density at radius 1 is 1.47 bits per heavy atom. The van der Waals surface area contributed by atoms with Crippen molar-refractivity contribution in [2.24, 2.45) is 7.05 Å². The fourth-order valence-corrected chi connectivity index (χ4v) is 1.53. The number of halogens is 1. The van der Waals surface area contributed by atoms with Gasteiger partial charge in [0.2, 0.25) is 0 Å². The maximum atomic E-state index is 11.8. The predicted octanol–water partition coefficient (Wildman–Crippen LogP) is 2.14. The predicted molar refractivity (Wildman–Crippen MR) is 67.8 cm³/mol. The molecule has 5 nitrogen and oxygen atoms in total. The second-order valence-electron chi connectivity index (χ2n) is 3.70. The maximum Gasteiger partial charge on any atom is 0.276 e. The molecule has 2 heterocycles. The smallest absolute Gasteiger partial charge is 0.276 e. The number of pyridine rings is 1. The van der Waals surface area contributed by atoms with Gasteiger partial charge in [-0.2, -0.15) is 0 Å². The molecule has 0 bridgehead atoms. The number of nitrogens with one attached hydrogen (secondary N) is 1. The van der Waals surface area contributed by atoms with Crippen LogP contribution in [0.2, 0.25) is 0 Å². The molecule has 88 valence electrons. The van der Waals surface area contributed by atoms with Gasteiger partial charge in [0.1, 0.15) is 11.5 Å². The Morgan fingerprint density at radius 3 is 2.82 bits per heavy atom. The van der Waals surface area contributed by atoms with Crippen LogP contribution in [0.25, 0.3) is 0 Å². The molecule has 0 saturated heterocycles. The van der Waals surface area contributed by atoms with E-state index < -0.39 is 0 Å². The van der Waals surface area contributed by atoms with Crippen molar-refractivity contribution in [3.8, 4) is 0 Å². The van der Waals surface area contributed by atoms with Crippen LogP contribution in [0, 0.1) is 6.92 Å². The van der Waals surface area contributed by atoms with E-state index in [0.29, 0.717) is 11.5 Å². The number of rotatable bonds is 2. The summed E-state index contributed by atoms with van der Waals surface area (Å²) < 4.78 is 2.63. The molecule has 0 radical (unpaired) electrons. The highest BCUT2D eigenvalue weighted by Gasteiger charge is 2.09. The molecule has 1 amide bonds. The molecule has 0 aliphatic carbocycles. The normalized spacial score (nSPS) is 10.3. The number of carbonyl (C=O) groups excluding carboxylic acids is 1.